The van der Waals surface area contributed by atoms with Crippen molar-refractivity contribution in [2.75, 3.05) is 19.6 Å². The first-order valence-corrected chi connectivity index (χ1v) is 9.50. The van der Waals surface area contributed by atoms with E-state index in [1.165, 1.54) is 5.56 Å². The molecule has 1 aromatic carbocycles. The number of carbonyl (C=O) groups is 2. The van der Waals surface area contributed by atoms with Crippen LogP contribution in [0, 0.1) is 11.8 Å². The largest absolute Gasteiger partial charge is 0.353 e. The van der Waals surface area contributed by atoms with Gasteiger partial charge in [-0.2, -0.15) is 0 Å². The third-order valence-electron chi connectivity index (χ3n) is 5.57. The van der Waals surface area contributed by atoms with Gasteiger partial charge < -0.3 is 10.6 Å². The van der Waals surface area contributed by atoms with E-state index in [2.05, 4.69) is 39.8 Å². The summed E-state index contributed by atoms with van der Waals surface area (Å²) in [5.74, 6) is 0.723. The van der Waals surface area contributed by atoms with E-state index in [4.69, 9.17) is 0 Å². The fourth-order valence-electron chi connectivity index (χ4n) is 3.68. The molecule has 1 heterocycles. The van der Waals surface area contributed by atoms with Crippen molar-refractivity contribution in [1.82, 2.24) is 15.5 Å². The molecule has 5 heteroatoms. The van der Waals surface area contributed by atoms with Crippen LogP contribution in [0.1, 0.15) is 37.7 Å². The molecular formula is C20H27N3O2. The lowest BCUT2D eigenvalue weighted by Gasteiger charge is -2.31. The summed E-state index contributed by atoms with van der Waals surface area (Å²) in [5.41, 5.74) is 0.966. The number of hydrogen-bond acceptors (Lipinski definition) is 3. The molecule has 134 valence electrons. The van der Waals surface area contributed by atoms with E-state index in [9.17, 15) is 9.59 Å². The average Bonchev–Trinajstić information content (AvgIpc) is 3.52. The first-order valence-electron chi connectivity index (χ1n) is 9.50. The molecular weight excluding hydrogens is 314 g/mol. The minimum absolute atomic E-state index is 0.154. The Morgan fingerprint density at radius 1 is 1.04 bits per heavy atom. The Kier molecular flexibility index (Phi) is 4.50. The summed E-state index contributed by atoms with van der Waals surface area (Å²) >= 11 is 0. The summed E-state index contributed by atoms with van der Waals surface area (Å²) in [4.78, 5) is 26.8. The minimum Gasteiger partial charge on any atom is -0.353 e. The predicted molar refractivity (Wildman–Crippen MR) is 95.7 cm³/mol. The Balaban J connectivity index is 1.39. The van der Waals surface area contributed by atoms with E-state index < -0.39 is 0 Å². The van der Waals surface area contributed by atoms with Crippen molar-refractivity contribution in [2.45, 2.75) is 44.2 Å². The zero-order chi connectivity index (χ0) is 17.3. The molecule has 3 aliphatic rings. The van der Waals surface area contributed by atoms with Gasteiger partial charge >= 0.3 is 0 Å². The van der Waals surface area contributed by atoms with Gasteiger partial charge in [0.05, 0.1) is 5.54 Å². The molecule has 3 fully saturated rings. The van der Waals surface area contributed by atoms with Crippen LogP contribution in [0.2, 0.25) is 0 Å². The second kappa shape index (κ2) is 6.79. The van der Waals surface area contributed by atoms with Gasteiger partial charge in [-0.05, 0) is 37.7 Å². The lowest BCUT2D eigenvalue weighted by Crippen LogP contribution is -2.57. The number of carbonyl (C=O) groups excluding carboxylic acids is 2. The van der Waals surface area contributed by atoms with Gasteiger partial charge in [0.25, 0.3) is 0 Å². The van der Waals surface area contributed by atoms with Crippen molar-refractivity contribution in [3.05, 3.63) is 35.9 Å². The molecule has 5 nitrogen and oxygen atoms in total. The third kappa shape index (κ3) is 4.21. The van der Waals surface area contributed by atoms with E-state index in [-0.39, 0.29) is 29.2 Å². The Morgan fingerprint density at radius 3 is 2.40 bits per heavy atom. The van der Waals surface area contributed by atoms with Gasteiger partial charge in [0, 0.05) is 38.0 Å². The van der Waals surface area contributed by atoms with Crippen LogP contribution in [0.4, 0.5) is 0 Å². The number of benzene rings is 1. The van der Waals surface area contributed by atoms with E-state index in [1.807, 2.05) is 6.07 Å². The van der Waals surface area contributed by atoms with Crippen LogP contribution in [0.25, 0.3) is 0 Å². The summed E-state index contributed by atoms with van der Waals surface area (Å²) in [7, 11) is 0. The van der Waals surface area contributed by atoms with Crippen molar-refractivity contribution in [1.29, 1.82) is 0 Å². The Morgan fingerprint density at radius 2 is 1.72 bits per heavy atom. The van der Waals surface area contributed by atoms with Gasteiger partial charge in [-0.1, -0.05) is 30.3 Å². The zero-order valence-electron chi connectivity index (χ0n) is 14.7. The highest BCUT2D eigenvalue weighted by Gasteiger charge is 2.43. The summed E-state index contributed by atoms with van der Waals surface area (Å²) in [6.45, 7) is 3.18. The number of amides is 2. The number of nitrogens with zero attached hydrogens (tertiary/aromatic N) is 1. The predicted octanol–water partition coefficient (Wildman–Crippen LogP) is 1.68. The second-order valence-corrected chi connectivity index (χ2v) is 7.98. The highest BCUT2D eigenvalue weighted by Crippen LogP contribution is 2.32. The molecule has 1 atom stereocenters. The van der Waals surface area contributed by atoms with E-state index >= 15 is 0 Å². The monoisotopic (exact) mass is 341 g/mol. The first-order chi connectivity index (χ1) is 12.1. The Labute approximate surface area is 149 Å². The highest BCUT2D eigenvalue weighted by atomic mass is 16.2. The summed E-state index contributed by atoms with van der Waals surface area (Å²) in [6, 6.07) is 10.4. The van der Waals surface area contributed by atoms with Crippen molar-refractivity contribution < 1.29 is 9.59 Å². The lowest BCUT2D eigenvalue weighted by atomic mass is 9.97. The third-order valence-corrected chi connectivity index (χ3v) is 5.57. The van der Waals surface area contributed by atoms with Crippen LogP contribution in [-0.2, 0) is 16.1 Å². The highest BCUT2D eigenvalue weighted by molar-refractivity contribution is 5.82. The molecule has 0 spiro atoms. The fraction of sp³-hybridized carbons (Fsp3) is 0.600. The van der Waals surface area contributed by atoms with Gasteiger partial charge in [-0.3, -0.25) is 14.5 Å². The molecule has 2 N–H and O–H groups in total. The molecule has 2 aliphatic carbocycles. The van der Waals surface area contributed by atoms with Crippen LogP contribution < -0.4 is 10.6 Å². The Bertz CT molecular complexity index is 640. The molecule has 1 aliphatic heterocycles. The van der Waals surface area contributed by atoms with Gasteiger partial charge in [0.15, 0.2) is 0 Å². The van der Waals surface area contributed by atoms with Gasteiger partial charge in [0.2, 0.25) is 11.8 Å². The van der Waals surface area contributed by atoms with Crippen LogP contribution in [0.15, 0.2) is 30.3 Å². The van der Waals surface area contributed by atoms with Crippen LogP contribution >= 0.6 is 0 Å². The maximum atomic E-state index is 12.4. The summed E-state index contributed by atoms with van der Waals surface area (Å²) in [6.07, 6.45) is 4.91. The molecule has 1 aromatic rings. The topological polar surface area (TPSA) is 61.4 Å². The van der Waals surface area contributed by atoms with E-state index in [1.54, 1.807) is 0 Å². The van der Waals surface area contributed by atoms with Crippen molar-refractivity contribution in [2.24, 2.45) is 11.8 Å². The van der Waals surface area contributed by atoms with Gasteiger partial charge in [-0.15, -0.1) is 0 Å². The van der Waals surface area contributed by atoms with Crippen LogP contribution in [0.5, 0.6) is 0 Å². The number of hydrogen-bond donors (Lipinski definition) is 2. The molecule has 0 radical (unpaired) electrons. The first kappa shape index (κ1) is 16.6. The summed E-state index contributed by atoms with van der Waals surface area (Å²) < 4.78 is 0. The number of nitrogens with one attached hydrogen (secondary N) is 2. The van der Waals surface area contributed by atoms with E-state index in [0.29, 0.717) is 6.54 Å². The lowest BCUT2D eigenvalue weighted by molar-refractivity contribution is -0.126. The molecule has 1 unspecified atom stereocenters. The van der Waals surface area contributed by atoms with E-state index in [0.717, 1.165) is 51.7 Å². The van der Waals surface area contributed by atoms with Crippen molar-refractivity contribution in [3.63, 3.8) is 0 Å². The zero-order valence-corrected chi connectivity index (χ0v) is 14.7. The minimum atomic E-state index is -0.320. The van der Waals surface area contributed by atoms with Gasteiger partial charge in [-0.25, -0.2) is 0 Å². The molecule has 25 heavy (non-hydrogen) atoms. The molecule has 0 aromatic heterocycles. The molecule has 1 saturated heterocycles. The fourth-order valence-corrected chi connectivity index (χ4v) is 3.68. The maximum Gasteiger partial charge on any atom is 0.223 e. The number of rotatable bonds is 7. The standard InChI is InChI=1S/C20H27N3O2/c24-18(16-6-7-16)21-13-20(22-19(25)17-8-9-17)10-11-23(14-20)12-15-4-2-1-3-5-15/h1-5,16-17H,6-14H2,(H,21,24)(H,22,25). The van der Waals surface area contributed by atoms with Crippen molar-refractivity contribution in [3.8, 4) is 0 Å². The SMILES string of the molecule is O=C(NCC1(NC(=O)C2CC2)CCN(Cc2ccccc2)C1)C1CC1. The average molecular weight is 341 g/mol. The Hall–Kier alpha value is -1.88. The maximum absolute atomic E-state index is 12.4. The van der Waals surface area contributed by atoms with Crippen LogP contribution in [0.3, 0.4) is 0 Å². The second-order valence-electron chi connectivity index (χ2n) is 7.98. The van der Waals surface area contributed by atoms with Gasteiger partial charge in [0.1, 0.15) is 0 Å². The molecule has 2 saturated carbocycles. The molecule has 4 rings (SSSR count). The van der Waals surface area contributed by atoms with Crippen LogP contribution in [-0.4, -0.2) is 41.9 Å². The van der Waals surface area contributed by atoms with Crippen molar-refractivity contribution >= 4 is 11.8 Å². The molecule has 0 bridgehead atoms. The molecule has 2 amide bonds. The summed E-state index contributed by atoms with van der Waals surface area (Å²) in [5, 5.41) is 6.39. The smallest absolute Gasteiger partial charge is 0.223 e. The number of likely N-dealkylation sites (tertiary alicyclic amines) is 1. The normalized spacial score (nSPS) is 26.4. The quantitative estimate of drug-likeness (QED) is 0.793.